The highest BCUT2D eigenvalue weighted by Gasteiger charge is 2.10. The van der Waals surface area contributed by atoms with Crippen LogP contribution < -0.4 is 20.6 Å². The second-order valence-electron chi connectivity index (χ2n) is 6.58. The van der Waals surface area contributed by atoms with E-state index in [2.05, 4.69) is 61.9 Å². The van der Waals surface area contributed by atoms with Gasteiger partial charge < -0.3 is 14.5 Å². The fourth-order valence-corrected chi connectivity index (χ4v) is 2.75. The first-order valence-electron chi connectivity index (χ1n) is 12.1. The van der Waals surface area contributed by atoms with Gasteiger partial charge in [-0.2, -0.15) is 0 Å². The van der Waals surface area contributed by atoms with Gasteiger partial charge in [-0.1, -0.05) is 90.8 Å². The first-order chi connectivity index (χ1) is 15.6. The van der Waals surface area contributed by atoms with Crippen LogP contribution in [0.2, 0.25) is 0 Å². The number of benzene rings is 2. The van der Waals surface area contributed by atoms with Crippen LogP contribution in [0.25, 0.3) is 11.1 Å². The van der Waals surface area contributed by atoms with Crippen molar-refractivity contribution < 1.29 is 9.57 Å². The van der Waals surface area contributed by atoms with Gasteiger partial charge in [0.2, 0.25) is 0 Å². The molecule has 0 aliphatic heterocycles. The smallest absolute Gasteiger partial charge is 0.149 e. The Morgan fingerprint density at radius 1 is 0.938 bits per heavy atom. The van der Waals surface area contributed by atoms with Gasteiger partial charge in [-0.05, 0) is 56.2 Å². The number of unbranched alkanes of at least 4 members (excludes halogenated alkanes) is 1. The summed E-state index contributed by atoms with van der Waals surface area (Å²) in [5.41, 5.74) is 8.66. The number of ether oxygens (including phenoxy) is 1. The second-order valence-corrected chi connectivity index (χ2v) is 6.58. The Bertz CT molecular complexity index is 678. The maximum Gasteiger partial charge on any atom is 0.149 e. The maximum atomic E-state index is 5.57. The van der Waals surface area contributed by atoms with Gasteiger partial charge in [-0.15, -0.1) is 0 Å². The van der Waals surface area contributed by atoms with Crippen molar-refractivity contribution in [2.45, 2.75) is 67.7 Å². The average molecular weight is 448 g/mol. The van der Waals surface area contributed by atoms with Crippen LogP contribution in [0.5, 0.6) is 11.5 Å². The Balaban J connectivity index is 0. The molecular weight excluding hydrogens is 398 g/mol. The lowest BCUT2D eigenvalue weighted by Gasteiger charge is -2.13. The number of hydrogen-bond donors (Lipinski definition) is 2. The number of rotatable bonds is 10. The van der Waals surface area contributed by atoms with Gasteiger partial charge in [-0.3, -0.25) is 0 Å². The van der Waals surface area contributed by atoms with E-state index in [0.29, 0.717) is 0 Å². The molecule has 0 spiro atoms. The van der Waals surface area contributed by atoms with Crippen LogP contribution in [0, 0.1) is 0 Å². The molecule has 2 aromatic carbocycles. The largest absolute Gasteiger partial charge is 0.496 e. The van der Waals surface area contributed by atoms with Crippen LogP contribution in [0.1, 0.15) is 66.9 Å². The van der Waals surface area contributed by atoms with E-state index < -0.39 is 0 Å². The first kappa shape index (κ1) is 32.1. The van der Waals surface area contributed by atoms with Crippen LogP contribution in [0.3, 0.4) is 0 Å². The van der Waals surface area contributed by atoms with Crippen LogP contribution in [-0.4, -0.2) is 39.2 Å². The molecule has 0 heterocycles. The molecule has 0 aliphatic rings. The summed E-state index contributed by atoms with van der Waals surface area (Å²) in [5, 5.41) is 0. The summed E-state index contributed by atoms with van der Waals surface area (Å²) in [5.74, 6) is 1.66. The minimum atomic E-state index is 0.737. The molecule has 2 aromatic rings. The Labute approximate surface area is 198 Å². The van der Waals surface area contributed by atoms with E-state index in [-0.39, 0.29) is 0 Å². The van der Waals surface area contributed by atoms with Crippen molar-refractivity contribution in [3.8, 4) is 22.6 Å². The molecule has 0 unspecified atom stereocenters. The Morgan fingerprint density at radius 2 is 1.59 bits per heavy atom. The molecule has 0 radical (unpaired) electrons. The fraction of sp³-hybridized carbons (Fsp3) is 0.556. The molecule has 5 heteroatoms. The summed E-state index contributed by atoms with van der Waals surface area (Å²) in [6.45, 7) is 17.0. The van der Waals surface area contributed by atoms with Gasteiger partial charge >= 0.3 is 0 Å². The monoisotopic (exact) mass is 447 g/mol. The lowest BCUT2D eigenvalue weighted by Crippen LogP contribution is -2.30. The topological polar surface area (TPSA) is 45.8 Å². The zero-order valence-corrected chi connectivity index (χ0v) is 22.3. The van der Waals surface area contributed by atoms with E-state index in [4.69, 9.17) is 9.57 Å². The molecule has 2 N–H and O–H groups in total. The van der Waals surface area contributed by atoms with Crippen molar-refractivity contribution in [2.24, 2.45) is 0 Å². The Morgan fingerprint density at radius 3 is 2.12 bits per heavy atom. The van der Waals surface area contributed by atoms with Crippen LogP contribution in [0.4, 0.5) is 0 Å². The van der Waals surface area contributed by atoms with Crippen LogP contribution in [-0.2, 0) is 6.42 Å². The highest BCUT2D eigenvalue weighted by Crippen LogP contribution is 2.34. The third-order valence-corrected chi connectivity index (χ3v) is 4.53. The van der Waals surface area contributed by atoms with E-state index in [1.807, 2.05) is 52.0 Å². The van der Waals surface area contributed by atoms with Crippen LogP contribution >= 0.6 is 0 Å². The van der Waals surface area contributed by atoms with Crippen molar-refractivity contribution in [2.75, 3.05) is 34.3 Å². The number of para-hydroxylation sites is 1. The molecule has 0 saturated carbocycles. The van der Waals surface area contributed by atoms with E-state index in [9.17, 15) is 0 Å². The normalized spacial score (nSPS) is 9.47. The quantitative estimate of drug-likeness (QED) is 0.395. The average Bonchev–Trinajstić information content (AvgIpc) is 2.88. The number of methoxy groups -OCH3 is 1. The first-order valence-corrected chi connectivity index (χ1v) is 12.1. The lowest BCUT2D eigenvalue weighted by molar-refractivity contribution is 0.160. The number of hydrazine groups is 1. The molecule has 0 aliphatic carbocycles. The predicted octanol–water partition coefficient (Wildman–Crippen LogP) is 6.73. The highest BCUT2D eigenvalue weighted by molar-refractivity contribution is 5.73. The fourth-order valence-electron chi connectivity index (χ4n) is 2.75. The third-order valence-electron chi connectivity index (χ3n) is 4.53. The number of aryl methyl sites for hydroxylation is 1. The summed E-state index contributed by atoms with van der Waals surface area (Å²) in [4.78, 5) is 7.68. The molecule has 0 saturated heterocycles. The summed E-state index contributed by atoms with van der Waals surface area (Å²) in [7, 11) is 5.62. The molecule has 0 bridgehead atoms. The number of hydrogen-bond acceptors (Lipinski definition) is 5. The van der Waals surface area contributed by atoms with Gasteiger partial charge in [0, 0.05) is 12.6 Å². The van der Waals surface area contributed by atoms with Crippen molar-refractivity contribution in [1.82, 2.24) is 15.9 Å². The Kier molecular flexibility index (Phi) is 22.2. The summed E-state index contributed by atoms with van der Waals surface area (Å²) >= 11 is 0. The third kappa shape index (κ3) is 12.7. The molecule has 2 rings (SSSR count). The zero-order chi connectivity index (χ0) is 24.8. The summed E-state index contributed by atoms with van der Waals surface area (Å²) in [6.07, 6.45) is 3.59. The van der Waals surface area contributed by atoms with E-state index in [1.54, 1.807) is 14.2 Å². The van der Waals surface area contributed by atoms with Gasteiger partial charge in [0.25, 0.3) is 0 Å². The summed E-state index contributed by atoms with van der Waals surface area (Å²) < 4.78 is 5.57. The minimum absolute atomic E-state index is 0.737. The van der Waals surface area contributed by atoms with Crippen molar-refractivity contribution >= 4 is 0 Å². The second kappa shape index (κ2) is 22.1. The SMILES string of the molecule is CC.CC.CCCCN(C)CC.CCc1cccc(-c2cccc(ONNC)c2)c1OC. The van der Waals surface area contributed by atoms with Crippen molar-refractivity contribution in [3.05, 3.63) is 48.0 Å². The predicted molar refractivity (Wildman–Crippen MR) is 141 cm³/mol. The molecule has 0 amide bonds. The Hall–Kier alpha value is -2.08. The van der Waals surface area contributed by atoms with Gasteiger partial charge in [0.1, 0.15) is 11.5 Å². The van der Waals surface area contributed by atoms with E-state index in [1.165, 1.54) is 31.5 Å². The van der Waals surface area contributed by atoms with E-state index >= 15 is 0 Å². The molecule has 0 fully saturated rings. The lowest BCUT2D eigenvalue weighted by atomic mass is 10.00. The van der Waals surface area contributed by atoms with Crippen molar-refractivity contribution in [3.63, 3.8) is 0 Å². The van der Waals surface area contributed by atoms with Gasteiger partial charge in [-0.25, -0.2) is 5.43 Å². The molecule has 0 atom stereocenters. The number of nitrogens with one attached hydrogen (secondary N) is 2. The molecular formula is C27H49N3O2. The standard InChI is InChI=1S/C16H20N2O2.C7H17N.2C2H6/c1-4-12-7-6-10-15(16(12)19-3)13-8-5-9-14(11-13)20-18-17-2;1-4-6-7-8(3)5-2;2*1-2/h5-11,17-18H,4H2,1-3H3;4-7H2,1-3H3;2*1-2H3. The van der Waals surface area contributed by atoms with Crippen molar-refractivity contribution in [1.29, 1.82) is 0 Å². The molecule has 0 aromatic heterocycles. The number of nitrogens with zero attached hydrogens (tertiary/aromatic N) is 1. The van der Waals surface area contributed by atoms with Gasteiger partial charge in [0.05, 0.1) is 7.11 Å². The van der Waals surface area contributed by atoms with Gasteiger partial charge in [0.15, 0.2) is 0 Å². The molecule has 5 nitrogen and oxygen atoms in total. The van der Waals surface area contributed by atoms with Crippen LogP contribution in [0.15, 0.2) is 42.5 Å². The molecule has 32 heavy (non-hydrogen) atoms. The summed E-state index contributed by atoms with van der Waals surface area (Å²) in [6, 6.07) is 14.1. The molecule has 184 valence electrons. The zero-order valence-electron chi connectivity index (χ0n) is 22.3. The van der Waals surface area contributed by atoms with E-state index in [0.717, 1.165) is 29.0 Å². The minimum Gasteiger partial charge on any atom is -0.496 e. The highest BCUT2D eigenvalue weighted by atomic mass is 16.7. The maximum absolute atomic E-state index is 5.57.